The van der Waals surface area contributed by atoms with Gasteiger partial charge in [0.1, 0.15) is 36.9 Å². The first-order chi connectivity index (χ1) is 56.1. The van der Waals surface area contributed by atoms with Gasteiger partial charge in [0.2, 0.25) is 0 Å². The van der Waals surface area contributed by atoms with E-state index in [9.17, 15) is 0 Å². The van der Waals surface area contributed by atoms with E-state index in [4.69, 9.17) is 66.9 Å². The van der Waals surface area contributed by atoms with Gasteiger partial charge in [-0.15, -0.1) is 39.1 Å². The molecular formula is C89H72BCl4IN10O4P2PdS3. The van der Waals surface area contributed by atoms with Crippen molar-refractivity contribution in [2.24, 2.45) is 0 Å². The average Bonchev–Trinajstić information content (AvgIpc) is 1.63. The van der Waals surface area contributed by atoms with Crippen LogP contribution in [0.5, 0.6) is 11.5 Å². The largest absolute Gasteiger partial charge is 0.0622 e. The number of ether oxygens (including phenoxy) is 2. The first-order valence-electron chi connectivity index (χ1n) is 35.7. The molecule has 0 amide bonds. The van der Waals surface area contributed by atoms with Crippen LogP contribution in [0.4, 0.5) is 11.5 Å². The van der Waals surface area contributed by atoms with Crippen LogP contribution in [0.1, 0.15) is 16.7 Å². The number of hydrogen-bond acceptors (Lipinski definition) is 14. The standard InChI is InChI=1S/C23H20N4OS.2C18H15P.C15H10ClN3OS.C9H9BO2S.C6H3ClIN3.2ClH.Pd/c1-14-4-6-17(10-15(14)2)25-22-8-9-23-24-13-19(27(23)26-22)21-11-16-5-7-18(28-3)12-20(16)29-21;2*1-4-10-16(11-5-1)19(17-12-6-2-7-13-17)18-14-8-3-9-15-18;1-20-10-3-2-9-6-13(21-12(9)7-10)11-8-17-15-5-4-14(16)18-19(11)15;1-6-2-3-7-5-9(10(11)12)13-8(7)4-6;7-4-1-2-6-9-3-5(8)11(6)10-4;;;/h4-13H,1-3H3,(H,25,26);2*1-15H;2-8H,1H3;2-5,11-12H,1H3;1-3H;2*1H;/q;;;;;;;;+2/p-2. The average molecular weight is 1890 g/mol. The third kappa shape index (κ3) is 21.9. The third-order valence-electron chi connectivity index (χ3n) is 17.8. The Hall–Kier alpha value is -9.26. The van der Waals surface area contributed by atoms with E-state index >= 15 is 0 Å². The maximum absolute atomic E-state index is 8.96. The third-order valence-corrected chi connectivity index (χ3v) is 27.2. The van der Waals surface area contributed by atoms with Crippen molar-refractivity contribution in [3.63, 3.8) is 0 Å². The fourth-order valence-corrected chi connectivity index (χ4v) is 20.7. The van der Waals surface area contributed by atoms with Crippen LogP contribution in [0, 0.1) is 24.5 Å². The van der Waals surface area contributed by atoms with Gasteiger partial charge in [0.25, 0.3) is 0 Å². The molecule has 9 heterocycles. The van der Waals surface area contributed by atoms with E-state index in [1.54, 1.807) is 64.3 Å². The Balaban J connectivity index is 0.000000122. The van der Waals surface area contributed by atoms with E-state index in [1.165, 1.54) is 80.0 Å². The molecule has 0 bridgehead atoms. The van der Waals surface area contributed by atoms with Crippen molar-refractivity contribution in [3.8, 4) is 32.6 Å². The van der Waals surface area contributed by atoms with Gasteiger partial charge in [-0.25, -0.2) is 28.5 Å². The summed E-state index contributed by atoms with van der Waals surface area (Å²) in [5.41, 5.74) is 9.07. The number of hydrogen-bond donors (Lipinski definition) is 3. The Bertz CT molecular complexity index is 6060. The maximum Gasteiger partial charge on any atom is -0.0134 e. The van der Waals surface area contributed by atoms with Gasteiger partial charge in [0.05, 0.1) is 42.6 Å². The molecule has 0 saturated heterocycles. The SMILES string of the molecule is COc1ccc2cc(-c3cnc4ccc(Cl)nn34)sc2c1.COc1ccc2cc(-c3cnc4ccc(Nc5ccc(C)c(C)c5)nn34)sc2c1.Cc1ccc2cc(B(O)O)sc2c1.Clc1ccc2ncc(I)n2n1.[Cl][Pd][Cl].c1ccc(P(c2ccccc2)c2ccccc2)cc1.c1ccc(P(c2ccccc2)c2ccccc2)cc1. The summed E-state index contributed by atoms with van der Waals surface area (Å²) >= 11 is 18.5. The summed E-state index contributed by atoms with van der Waals surface area (Å²) in [6.07, 6.45) is 5.45. The fourth-order valence-electron chi connectivity index (χ4n) is 12.1. The van der Waals surface area contributed by atoms with Crippen molar-refractivity contribution < 1.29 is 35.5 Å². The topological polar surface area (TPSA) is 162 Å². The van der Waals surface area contributed by atoms with Gasteiger partial charge >= 0.3 is 42.1 Å². The molecule has 9 aromatic heterocycles. The predicted octanol–water partition coefficient (Wildman–Crippen LogP) is 21.4. The maximum atomic E-state index is 8.96. The van der Waals surface area contributed by atoms with Crippen LogP contribution in [0.15, 0.2) is 328 Å². The quantitative estimate of drug-likeness (QED) is 0.0572. The molecule has 0 aliphatic heterocycles. The van der Waals surface area contributed by atoms with E-state index < -0.39 is 23.0 Å². The molecule has 0 aliphatic rings. The van der Waals surface area contributed by atoms with Crippen molar-refractivity contribution in [1.82, 2.24) is 43.8 Å². The molecule has 0 aliphatic carbocycles. The number of nitrogens with zero attached hydrogens (tertiary/aromatic N) is 9. The van der Waals surface area contributed by atoms with Crippen molar-refractivity contribution in [3.05, 3.63) is 359 Å². The first kappa shape index (κ1) is 83.7. The number of aryl methyl sites for hydroxylation is 3. The first-order valence-corrected chi connectivity index (χ1v) is 46.7. The fraction of sp³-hybridized carbons (Fsp3) is 0.0562. The Kier molecular flexibility index (Phi) is 29.9. The zero-order valence-electron chi connectivity index (χ0n) is 62.3. The molecule has 10 aromatic carbocycles. The molecule has 0 fully saturated rings. The van der Waals surface area contributed by atoms with E-state index in [0.29, 0.717) is 15.1 Å². The molecule has 26 heteroatoms. The molecule has 578 valence electrons. The molecule has 0 spiro atoms. The normalized spacial score (nSPS) is 10.8. The van der Waals surface area contributed by atoms with Crippen molar-refractivity contribution in [2.45, 2.75) is 20.8 Å². The Morgan fingerprint density at radius 1 is 0.409 bits per heavy atom. The van der Waals surface area contributed by atoms with Crippen LogP contribution in [0.3, 0.4) is 0 Å². The molecule has 0 saturated carbocycles. The minimum atomic E-state index is -1.35. The summed E-state index contributed by atoms with van der Waals surface area (Å²) in [6, 6.07) is 106. The Morgan fingerprint density at radius 3 is 1.22 bits per heavy atom. The zero-order chi connectivity index (χ0) is 80.2. The second-order valence-electron chi connectivity index (χ2n) is 25.5. The molecule has 0 radical (unpaired) electrons. The minimum Gasteiger partial charge on any atom is -0.0622 e. The zero-order valence-corrected chi connectivity index (χ0v) is 73.3. The van der Waals surface area contributed by atoms with Gasteiger partial charge in [0, 0.05) is 24.6 Å². The number of anilines is 2. The summed E-state index contributed by atoms with van der Waals surface area (Å²) < 4.78 is 21.0. The predicted molar refractivity (Wildman–Crippen MR) is 494 cm³/mol. The molecule has 14 nitrogen and oxygen atoms in total. The number of thiophene rings is 3. The van der Waals surface area contributed by atoms with E-state index in [1.807, 2.05) is 90.6 Å². The van der Waals surface area contributed by atoms with E-state index in [2.05, 4.69) is 297 Å². The van der Waals surface area contributed by atoms with Crippen LogP contribution in [0.25, 0.3) is 68.3 Å². The summed E-state index contributed by atoms with van der Waals surface area (Å²) in [4.78, 5) is 15.2. The van der Waals surface area contributed by atoms with Gasteiger partial charge < -0.3 is 24.8 Å². The second-order valence-corrected chi connectivity index (χ2v) is 37.4. The van der Waals surface area contributed by atoms with Gasteiger partial charge in [-0.3, -0.25) is 0 Å². The van der Waals surface area contributed by atoms with Crippen LogP contribution in [0.2, 0.25) is 10.3 Å². The van der Waals surface area contributed by atoms with Crippen LogP contribution < -0.4 is 51.4 Å². The Morgan fingerprint density at radius 2 is 0.791 bits per heavy atom. The molecule has 19 rings (SSSR count). The van der Waals surface area contributed by atoms with E-state index in [-0.39, 0.29) is 15.9 Å². The van der Waals surface area contributed by atoms with Gasteiger partial charge in [0.15, 0.2) is 22.8 Å². The van der Waals surface area contributed by atoms with Gasteiger partial charge in [-0.2, -0.15) is 10.2 Å². The number of methoxy groups -OCH3 is 2. The molecule has 0 unspecified atom stereocenters. The van der Waals surface area contributed by atoms with Gasteiger partial charge in [-0.05, 0) is 233 Å². The van der Waals surface area contributed by atoms with E-state index in [0.717, 1.165) is 74.9 Å². The van der Waals surface area contributed by atoms with Crippen LogP contribution >= 0.6 is 115 Å². The monoisotopic (exact) mass is 1890 g/mol. The molecule has 3 N–H and O–H groups in total. The van der Waals surface area contributed by atoms with Crippen LogP contribution in [-0.2, 0) is 15.9 Å². The second kappa shape index (κ2) is 41.0. The summed E-state index contributed by atoms with van der Waals surface area (Å²) in [5.74, 6) is 2.50. The number of fused-ring (bicyclic) bond motifs is 6. The number of benzene rings is 10. The summed E-state index contributed by atoms with van der Waals surface area (Å²) in [7, 11) is 10.7. The number of halogens is 5. The number of imidazole rings is 3. The Labute approximate surface area is 720 Å². The van der Waals surface area contributed by atoms with Gasteiger partial charge in [-0.1, -0.05) is 223 Å². The van der Waals surface area contributed by atoms with Crippen molar-refractivity contribution in [1.29, 1.82) is 0 Å². The molecule has 115 heavy (non-hydrogen) atoms. The minimum absolute atomic E-state index is 0.106. The molecular weight excluding hydrogens is 1820 g/mol. The molecule has 0 atom stereocenters. The van der Waals surface area contributed by atoms with Crippen molar-refractivity contribution in [2.75, 3.05) is 19.5 Å². The summed E-state index contributed by atoms with van der Waals surface area (Å²) in [5, 5.41) is 47.2. The summed E-state index contributed by atoms with van der Waals surface area (Å²) in [6.45, 7) is 6.25. The number of rotatable bonds is 13. The smallest absolute Gasteiger partial charge is 0.0134 e. The van der Waals surface area contributed by atoms with Crippen LogP contribution in [-0.4, -0.2) is 75.2 Å². The number of nitrogens with one attached hydrogen (secondary N) is 1. The van der Waals surface area contributed by atoms with Crippen molar-refractivity contribution >= 4 is 217 Å². The molecule has 19 aromatic rings. The number of aromatic nitrogens is 9.